The van der Waals surface area contributed by atoms with Crippen LogP contribution in [0.3, 0.4) is 0 Å². The van der Waals surface area contributed by atoms with Crippen LogP contribution in [0.1, 0.15) is 40.5 Å². The molecule has 0 saturated carbocycles. The van der Waals surface area contributed by atoms with Crippen molar-refractivity contribution in [2.45, 2.75) is 46.1 Å². The molecular formula is C13H28N2O2. The molecule has 0 aromatic heterocycles. The molecule has 0 heterocycles. The van der Waals surface area contributed by atoms with Gasteiger partial charge in [-0.15, -0.1) is 0 Å². The van der Waals surface area contributed by atoms with E-state index in [1.165, 1.54) is 0 Å². The number of carbonyl (C=O) groups is 1. The fourth-order valence-corrected chi connectivity index (χ4v) is 1.97. The Labute approximate surface area is 106 Å². The molecule has 0 saturated heterocycles. The average Bonchev–Trinajstić information content (AvgIpc) is 2.16. The van der Waals surface area contributed by atoms with Crippen LogP contribution in [0.15, 0.2) is 0 Å². The molecule has 102 valence electrons. The molecule has 0 aliphatic rings. The summed E-state index contributed by atoms with van der Waals surface area (Å²) in [6, 6.07) is 0. The van der Waals surface area contributed by atoms with Crippen molar-refractivity contribution in [2.75, 3.05) is 33.2 Å². The Morgan fingerprint density at radius 3 is 2.18 bits per heavy atom. The van der Waals surface area contributed by atoms with E-state index in [1.54, 1.807) is 13.8 Å². The van der Waals surface area contributed by atoms with Crippen molar-refractivity contribution < 1.29 is 9.90 Å². The van der Waals surface area contributed by atoms with Crippen molar-refractivity contribution in [2.24, 2.45) is 0 Å². The van der Waals surface area contributed by atoms with Gasteiger partial charge in [0.2, 0.25) is 5.91 Å². The fourth-order valence-electron chi connectivity index (χ4n) is 1.97. The number of hydrogen-bond acceptors (Lipinski definition) is 3. The monoisotopic (exact) mass is 244 g/mol. The molecular weight excluding hydrogens is 216 g/mol. The largest absolute Gasteiger partial charge is 0.389 e. The van der Waals surface area contributed by atoms with Crippen LogP contribution < -0.4 is 0 Å². The van der Waals surface area contributed by atoms with Gasteiger partial charge in [0.25, 0.3) is 0 Å². The lowest BCUT2D eigenvalue weighted by atomic mass is 10.1. The van der Waals surface area contributed by atoms with Gasteiger partial charge in [0, 0.05) is 26.1 Å². The third kappa shape index (κ3) is 8.16. The molecule has 0 bridgehead atoms. The summed E-state index contributed by atoms with van der Waals surface area (Å²) >= 11 is 0. The second-order valence-electron chi connectivity index (χ2n) is 5.22. The zero-order chi connectivity index (χ0) is 13.5. The molecule has 1 amide bonds. The topological polar surface area (TPSA) is 43.8 Å². The minimum Gasteiger partial charge on any atom is -0.389 e. The maximum Gasteiger partial charge on any atom is 0.222 e. The van der Waals surface area contributed by atoms with Gasteiger partial charge in [-0.3, -0.25) is 4.79 Å². The normalized spacial score (nSPS) is 11.9. The van der Waals surface area contributed by atoms with Gasteiger partial charge in [0.15, 0.2) is 0 Å². The van der Waals surface area contributed by atoms with Crippen LogP contribution >= 0.6 is 0 Å². The second-order valence-corrected chi connectivity index (χ2v) is 5.22. The molecule has 0 aromatic rings. The number of hydrogen-bond donors (Lipinski definition) is 1. The number of likely N-dealkylation sites (N-methyl/N-ethyl adjacent to an activating group) is 1. The van der Waals surface area contributed by atoms with E-state index in [9.17, 15) is 9.90 Å². The van der Waals surface area contributed by atoms with Gasteiger partial charge in [-0.25, -0.2) is 0 Å². The third-order valence-corrected chi connectivity index (χ3v) is 2.70. The molecule has 0 spiro atoms. The lowest BCUT2D eigenvalue weighted by Crippen LogP contribution is -2.37. The maximum absolute atomic E-state index is 11.7. The van der Waals surface area contributed by atoms with E-state index in [4.69, 9.17) is 0 Å². The molecule has 0 rings (SSSR count). The van der Waals surface area contributed by atoms with E-state index in [0.717, 1.165) is 26.1 Å². The fraction of sp³-hybridized carbons (Fsp3) is 0.923. The number of carbonyl (C=O) groups excluding carboxylic acids is 1. The van der Waals surface area contributed by atoms with Crippen molar-refractivity contribution >= 4 is 5.91 Å². The summed E-state index contributed by atoms with van der Waals surface area (Å²) in [5.74, 6) is 0.228. The van der Waals surface area contributed by atoms with Crippen LogP contribution in [0.2, 0.25) is 0 Å². The summed E-state index contributed by atoms with van der Waals surface area (Å²) in [6.45, 7) is 10.6. The maximum atomic E-state index is 11.7. The zero-order valence-corrected chi connectivity index (χ0v) is 12.0. The highest BCUT2D eigenvalue weighted by Gasteiger charge is 2.16. The number of nitrogens with zero attached hydrogens (tertiary/aromatic N) is 2. The SMILES string of the molecule is CCN(CC)C(=O)CCCN(C)CC(C)(C)O. The van der Waals surface area contributed by atoms with Gasteiger partial charge >= 0.3 is 0 Å². The molecule has 4 nitrogen and oxygen atoms in total. The van der Waals surface area contributed by atoms with Crippen LogP contribution in [0.5, 0.6) is 0 Å². The van der Waals surface area contributed by atoms with E-state index < -0.39 is 5.60 Å². The van der Waals surface area contributed by atoms with Gasteiger partial charge in [0.1, 0.15) is 0 Å². The van der Waals surface area contributed by atoms with E-state index in [0.29, 0.717) is 13.0 Å². The van der Waals surface area contributed by atoms with E-state index >= 15 is 0 Å². The molecule has 0 fully saturated rings. The molecule has 0 aromatic carbocycles. The summed E-state index contributed by atoms with van der Waals surface area (Å²) in [5, 5.41) is 9.64. The highest BCUT2D eigenvalue weighted by molar-refractivity contribution is 5.76. The number of amides is 1. The minimum atomic E-state index is -0.669. The molecule has 4 heteroatoms. The Hall–Kier alpha value is -0.610. The Bertz CT molecular complexity index is 220. The minimum absolute atomic E-state index is 0.228. The summed E-state index contributed by atoms with van der Waals surface area (Å²) in [4.78, 5) is 15.7. The Morgan fingerprint density at radius 2 is 1.76 bits per heavy atom. The van der Waals surface area contributed by atoms with Crippen molar-refractivity contribution in [1.29, 1.82) is 0 Å². The van der Waals surface area contributed by atoms with E-state index in [1.807, 2.05) is 25.8 Å². The summed E-state index contributed by atoms with van der Waals surface area (Å²) in [6.07, 6.45) is 1.44. The summed E-state index contributed by atoms with van der Waals surface area (Å²) in [7, 11) is 1.97. The van der Waals surface area contributed by atoms with Crippen molar-refractivity contribution in [3.63, 3.8) is 0 Å². The lowest BCUT2D eigenvalue weighted by molar-refractivity contribution is -0.130. The molecule has 0 radical (unpaired) electrons. The Morgan fingerprint density at radius 1 is 1.24 bits per heavy atom. The van der Waals surface area contributed by atoms with Crippen LogP contribution in [-0.2, 0) is 4.79 Å². The predicted molar refractivity (Wildman–Crippen MR) is 71.0 cm³/mol. The quantitative estimate of drug-likeness (QED) is 0.700. The highest BCUT2D eigenvalue weighted by Crippen LogP contribution is 2.05. The van der Waals surface area contributed by atoms with Gasteiger partial charge in [-0.2, -0.15) is 0 Å². The van der Waals surface area contributed by atoms with Crippen LogP contribution in [-0.4, -0.2) is 59.6 Å². The molecule has 0 atom stereocenters. The first-order valence-electron chi connectivity index (χ1n) is 6.48. The van der Waals surface area contributed by atoms with Crippen LogP contribution in [0, 0.1) is 0 Å². The molecule has 17 heavy (non-hydrogen) atoms. The first kappa shape index (κ1) is 16.4. The molecule has 1 N–H and O–H groups in total. The highest BCUT2D eigenvalue weighted by atomic mass is 16.3. The van der Waals surface area contributed by atoms with E-state index in [-0.39, 0.29) is 5.91 Å². The number of rotatable bonds is 8. The predicted octanol–water partition coefficient (Wildman–Crippen LogP) is 1.34. The van der Waals surface area contributed by atoms with Crippen molar-refractivity contribution in [3.8, 4) is 0 Å². The van der Waals surface area contributed by atoms with Gasteiger partial charge in [-0.1, -0.05) is 0 Å². The first-order valence-corrected chi connectivity index (χ1v) is 6.48. The second kappa shape index (κ2) is 7.67. The standard InChI is InChI=1S/C13H28N2O2/c1-6-15(7-2)12(16)9-8-10-14(5)11-13(3,4)17/h17H,6-11H2,1-5H3. The Kier molecular flexibility index (Phi) is 7.39. The van der Waals surface area contributed by atoms with Crippen molar-refractivity contribution in [3.05, 3.63) is 0 Å². The van der Waals surface area contributed by atoms with E-state index in [2.05, 4.69) is 4.90 Å². The van der Waals surface area contributed by atoms with Crippen LogP contribution in [0.4, 0.5) is 0 Å². The number of aliphatic hydroxyl groups is 1. The Balaban J connectivity index is 3.80. The average molecular weight is 244 g/mol. The van der Waals surface area contributed by atoms with Gasteiger partial charge < -0.3 is 14.9 Å². The first-order chi connectivity index (χ1) is 7.80. The molecule has 0 aliphatic carbocycles. The summed E-state index contributed by atoms with van der Waals surface area (Å²) < 4.78 is 0. The zero-order valence-electron chi connectivity index (χ0n) is 12.0. The molecule has 0 aliphatic heterocycles. The smallest absolute Gasteiger partial charge is 0.222 e. The molecule has 0 unspecified atom stereocenters. The van der Waals surface area contributed by atoms with Crippen molar-refractivity contribution in [1.82, 2.24) is 9.80 Å². The van der Waals surface area contributed by atoms with Gasteiger partial charge in [0.05, 0.1) is 5.60 Å². The van der Waals surface area contributed by atoms with Crippen LogP contribution in [0.25, 0.3) is 0 Å². The lowest BCUT2D eigenvalue weighted by Gasteiger charge is -2.25. The third-order valence-electron chi connectivity index (χ3n) is 2.70. The van der Waals surface area contributed by atoms with Gasteiger partial charge in [-0.05, 0) is 47.7 Å². The summed E-state index contributed by atoms with van der Waals surface area (Å²) in [5.41, 5.74) is -0.669.